The van der Waals surface area contributed by atoms with Crippen molar-refractivity contribution >= 4 is 23.1 Å². The minimum absolute atomic E-state index is 0.251. The number of amides is 2. The van der Waals surface area contributed by atoms with Crippen molar-refractivity contribution in [3.05, 3.63) is 99.4 Å². The Balaban J connectivity index is 1.46. The van der Waals surface area contributed by atoms with E-state index in [9.17, 15) is 9.18 Å². The molecule has 2 aromatic heterocycles. The summed E-state index contributed by atoms with van der Waals surface area (Å²) in [5.41, 5.74) is 5.66. The zero-order valence-corrected chi connectivity index (χ0v) is 21.9. The second-order valence-electron chi connectivity index (χ2n) is 9.72. The van der Waals surface area contributed by atoms with Gasteiger partial charge in [0.25, 0.3) is 0 Å². The number of benzene rings is 2. The highest BCUT2D eigenvalue weighted by molar-refractivity contribution is 7.15. The molecule has 0 unspecified atom stereocenters. The van der Waals surface area contributed by atoms with Crippen LogP contribution in [-0.4, -0.2) is 22.1 Å². The monoisotopic (exact) mass is 515 g/mol. The van der Waals surface area contributed by atoms with Gasteiger partial charge in [0.2, 0.25) is 0 Å². The molecule has 2 amide bonds. The number of thiophene rings is 1. The van der Waals surface area contributed by atoms with E-state index < -0.39 is 0 Å². The van der Waals surface area contributed by atoms with Crippen molar-refractivity contribution in [2.24, 2.45) is 0 Å². The Bertz CT molecular complexity index is 1460. The van der Waals surface area contributed by atoms with Crippen LogP contribution in [0.4, 0.5) is 14.9 Å². The molecule has 37 heavy (non-hydrogen) atoms. The summed E-state index contributed by atoms with van der Waals surface area (Å²) in [5, 5.41) is 4.19. The molecule has 4 aromatic rings. The number of ether oxygens (including phenoxy) is 1. The summed E-state index contributed by atoms with van der Waals surface area (Å²) in [7, 11) is 0. The van der Waals surface area contributed by atoms with Crippen molar-refractivity contribution in [3.63, 3.8) is 0 Å². The van der Waals surface area contributed by atoms with Gasteiger partial charge < -0.3 is 19.5 Å². The minimum Gasteiger partial charge on any atom is -0.494 e. The van der Waals surface area contributed by atoms with E-state index >= 15 is 0 Å². The maximum atomic E-state index is 14.3. The average Bonchev–Trinajstić information content (AvgIpc) is 3.49. The third-order valence-corrected chi connectivity index (χ3v) is 8.70. The number of fused-ring (bicyclic) bond motifs is 5. The molecule has 2 aromatic carbocycles. The lowest BCUT2D eigenvalue weighted by Gasteiger charge is -2.31. The molecule has 0 radical (unpaired) electrons. The zero-order valence-electron chi connectivity index (χ0n) is 21.1. The Kier molecular flexibility index (Phi) is 6.24. The molecule has 1 N–H and O–H groups in total. The number of carbonyl (C=O) groups excluding carboxylic acids is 1. The number of hydrogen-bond donors (Lipinski definition) is 1. The lowest BCUT2D eigenvalue weighted by molar-refractivity contribution is 0.194. The van der Waals surface area contributed by atoms with Gasteiger partial charge in [-0.25, -0.2) is 9.18 Å². The molecule has 0 saturated carbocycles. The largest absolute Gasteiger partial charge is 0.494 e. The van der Waals surface area contributed by atoms with Crippen molar-refractivity contribution in [2.45, 2.75) is 52.1 Å². The Morgan fingerprint density at radius 2 is 1.92 bits per heavy atom. The Labute approximate surface area is 220 Å². The van der Waals surface area contributed by atoms with E-state index in [4.69, 9.17) is 4.74 Å². The van der Waals surface area contributed by atoms with Crippen molar-refractivity contribution in [1.82, 2.24) is 9.47 Å². The number of anilines is 1. The molecule has 1 aliphatic heterocycles. The van der Waals surface area contributed by atoms with Crippen LogP contribution < -0.4 is 10.1 Å². The van der Waals surface area contributed by atoms with E-state index in [0.29, 0.717) is 24.4 Å². The molecule has 0 bridgehead atoms. The van der Waals surface area contributed by atoms with Crippen LogP contribution in [0.5, 0.6) is 5.75 Å². The molecule has 0 fully saturated rings. The fourth-order valence-corrected chi connectivity index (χ4v) is 6.92. The topological polar surface area (TPSA) is 46.5 Å². The number of aromatic nitrogens is 1. The summed E-state index contributed by atoms with van der Waals surface area (Å²) in [4.78, 5) is 17.3. The van der Waals surface area contributed by atoms with Gasteiger partial charge in [-0.05, 0) is 92.6 Å². The highest BCUT2D eigenvalue weighted by Gasteiger charge is 2.36. The molecule has 2 aliphatic rings. The van der Waals surface area contributed by atoms with Crippen molar-refractivity contribution in [3.8, 4) is 10.8 Å². The Morgan fingerprint density at radius 3 is 2.70 bits per heavy atom. The zero-order chi connectivity index (χ0) is 25.5. The van der Waals surface area contributed by atoms with E-state index in [2.05, 4.69) is 28.2 Å². The average molecular weight is 516 g/mol. The van der Waals surface area contributed by atoms with Gasteiger partial charge in [0.15, 0.2) is 0 Å². The van der Waals surface area contributed by atoms with Gasteiger partial charge in [-0.3, -0.25) is 0 Å². The van der Waals surface area contributed by atoms with Crippen LogP contribution in [0.25, 0.3) is 5.00 Å². The highest BCUT2D eigenvalue weighted by Crippen LogP contribution is 2.44. The van der Waals surface area contributed by atoms with Gasteiger partial charge in [-0.15, -0.1) is 11.3 Å². The fraction of sp³-hybridized carbons (Fsp3) is 0.300. The van der Waals surface area contributed by atoms with E-state index in [0.717, 1.165) is 29.8 Å². The standard InChI is InChI=1S/C30H30FN3O2S/c1-3-36-22-14-11-20(12-15-22)28-26-8-6-16-33(26)29-24(23-7-4-5-9-27(23)37-29)18-34(28)30(35)32-21-13-10-19(2)25(31)17-21/h6,8,10-17,28H,3-5,7,9,18H2,1-2H3,(H,32,35)/t28-/m0/s1. The molecule has 190 valence electrons. The van der Waals surface area contributed by atoms with Gasteiger partial charge in [0.1, 0.15) is 16.6 Å². The van der Waals surface area contributed by atoms with Gasteiger partial charge in [-0.2, -0.15) is 0 Å². The minimum atomic E-state index is -0.334. The molecule has 6 rings (SSSR count). The summed E-state index contributed by atoms with van der Waals surface area (Å²) >= 11 is 1.86. The van der Waals surface area contributed by atoms with Gasteiger partial charge in [0, 0.05) is 22.3 Å². The van der Waals surface area contributed by atoms with Crippen molar-refractivity contribution in [1.29, 1.82) is 0 Å². The second-order valence-corrected chi connectivity index (χ2v) is 10.8. The predicted octanol–water partition coefficient (Wildman–Crippen LogP) is 7.40. The van der Waals surface area contributed by atoms with Crippen LogP contribution in [0.1, 0.15) is 58.6 Å². The van der Waals surface area contributed by atoms with Crippen LogP contribution in [0, 0.1) is 12.7 Å². The number of nitrogens with zero attached hydrogens (tertiary/aromatic N) is 2. The number of rotatable bonds is 4. The quantitative estimate of drug-likeness (QED) is 0.308. The number of urea groups is 1. The number of halogens is 1. The van der Waals surface area contributed by atoms with Crippen LogP contribution in [0.2, 0.25) is 0 Å². The highest BCUT2D eigenvalue weighted by atomic mass is 32.1. The molecule has 5 nitrogen and oxygen atoms in total. The third-order valence-electron chi connectivity index (χ3n) is 7.37. The second kappa shape index (κ2) is 9.71. The lowest BCUT2D eigenvalue weighted by Crippen LogP contribution is -2.38. The lowest BCUT2D eigenvalue weighted by atomic mass is 9.95. The molecule has 0 spiro atoms. The van der Waals surface area contributed by atoms with Crippen LogP contribution >= 0.6 is 11.3 Å². The van der Waals surface area contributed by atoms with Crippen molar-refractivity contribution < 1.29 is 13.9 Å². The number of hydrogen-bond acceptors (Lipinski definition) is 3. The first-order chi connectivity index (χ1) is 18.0. The molecule has 7 heteroatoms. The van der Waals surface area contributed by atoms with Gasteiger partial charge in [-0.1, -0.05) is 18.2 Å². The van der Waals surface area contributed by atoms with Gasteiger partial charge in [0.05, 0.1) is 24.9 Å². The third kappa shape index (κ3) is 4.31. The molecular weight excluding hydrogens is 485 g/mol. The number of aryl methyl sites for hydroxylation is 2. The Hall–Kier alpha value is -3.58. The first-order valence-corrected chi connectivity index (χ1v) is 13.7. The SMILES string of the molecule is CCOc1ccc([C@H]2c3cccn3-c3sc4c(c3CN2C(=O)Nc2ccc(C)c(F)c2)CCCC4)cc1. The first-order valence-electron chi connectivity index (χ1n) is 12.9. The Morgan fingerprint density at radius 1 is 1.11 bits per heavy atom. The maximum absolute atomic E-state index is 14.3. The molecule has 0 saturated heterocycles. The molecular formula is C30H30FN3O2S. The molecule has 1 aliphatic carbocycles. The smallest absolute Gasteiger partial charge is 0.322 e. The summed E-state index contributed by atoms with van der Waals surface area (Å²) in [6, 6.07) is 16.4. The normalized spacial score (nSPS) is 16.4. The van der Waals surface area contributed by atoms with E-state index in [1.165, 1.54) is 39.9 Å². The van der Waals surface area contributed by atoms with Crippen molar-refractivity contribution in [2.75, 3.05) is 11.9 Å². The molecule has 3 heterocycles. The molecule has 1 atom stereocenters. The van der Waals surface area contributed by atoms with Crippen LogP contribution in [-0.2, 0) is 19.4 Å². The summed E-state index contributed by atoms with van der Waals surface area (Å²) in [6.45, 7) is 4.76. The van der Waals surface area contributed by atoms with Crippen LogP contribution in [0.3, 0.4) is 0 Å². The van der Waals surface area contributed by atoms with E-state index in [1.54, 1.807) is 19.1 Å². The van der Waals surface area contributed by atoms with E-state index in [1.807, 2.05) is 47.4 Å². The summed E-state index contributed by atoms with van der Waals surface area (Å²) in [5.74, 6) is 0.467. The maximum Gasteiger partial charge on any atom is 0.322 e. The first kappa shape index (κ1) is 23.8. The number of nitrogens with one attached hydrogen (secondary N) is 1. The fourth-order valence-electron chi connectivity index (χ4n) is 5.52. The van der Waals surface area contributed by atoms with E-state index in [-0.39, 0.29) is 17.9 Å². The van der Waals surface area contributed by atoms with Crippen LogP contribution in [0.15, 0.2) is 60.8 Å². The summed E-state index contributed by atoms with van der Waals surface area (Å²) < 4.78 is 22.2. The summed E-state index contributed by atoms with van der Waals surface area (Å²) in [6.07, 6.45) is 6.63. The predicted molar refractivity (Wildman–Crippen MR) is 145 cm³/mol. The number of carbonyl (C=O) groups is 1. The van der Waals surface area contributed by atoms with Gasteiger partial charge >= 0.3 is 6.03 Å².